The van der Waals surface area contributed by atoms with Gasteiger partial charge in [-0.2, -0.15) is 0 Å². The number of benzene rings is 2. The first-order valence-electron chi connectivity index (χ1n) is 20.8. The largest absolute Gasteiger partial charge is 0.379 e. The van der Waals surface area contributed by atoms with Crippen molar-refractivity contribution in [3.63, 3.8) is 0 Å². The number of carbonyl (C=O) groups is 6. The lowest BCUT2D eigenvalue weighted by molar-refractivity contribution is -0.132. The quantitative estimate of drug-likeness (QED) is 0.0537. The van der Waals surface area contributed by atoms with Crippen LogP contribution in [0.15, 0.2) is 48.5 Å². The predicted molar refractivity (Wildman–Crippen MR) is 229 cm³/mol. The average molecular weight is 850 g/mol. The molecule has 1 aliphatic rings. The second kappa shape index (κ2) is 27.3. The third kappa shape index (κ3) is 18.7. The summed E-state index contributed by atoms with van der Waals surface area (Å²) in [6, 6.07) is 12.7. The number of carbonyl (C=O) groups excluding carboxylic acids is 6. The Balaban J connectivity index is 1.20. The van der Waals surface area contributed by atoms with E-state index in [9.17, 15) is 28.8 Å². The maximum Gasteiger partial charge on any atom is 0.312 e. The first kappa shape index (κ1) is 49.8. The van der Waals surface area contributed by atoms with Gasteiger partial charge in [0.1, 0.15) is 12.1 Å². The molecule has 334 valence electrons. The van der Waals surface area contributed by atoms with Crippen LogP contribution in [-0.4, -0.2) is 113 Å². The summed E-state index contributed by atoms with van der Waals surface area (Å²) < 4.78 is 22.0. The van der Waals surface area contributed by atoms with Crippen molar-refractivity contribution >= 4 is 41.3 Å². The minimum Gasteiger partial charge on any atom is -0.379 e. The number of rotatable bonds is 28. The number of ether oxygens (including phenoxy) is 4. The van der Waals surface area contributed by atoms with E-state index in [2.05, 4.69) is 33.1 Å². The summed E-state index contributed by atoms with van der Waals surface area (Å²) in [5.41, 5.74) is 13.9. The number of hydrogen-bond acceptors (Lipinski definition) is 10. The molecule has 0 radical (unpaired) electrons. The Morgan fingerprint density at radius 3 is 1.84 bits per heavy atom. The Morgan fingerprint density at radius 1 is 0.705 bits per heavy atom. The molecule has 2 aromatic carbocycles. The SMILES string of the molecule is CC(CC(C)C(=O)N1Cc2ccccc2C#Cc2ccccc21)NC(=O)CCOCCOCCOCCOCCC(=O)N[C@H](C(=O)N[C@@H](CCCNC(N)=O)C(N)=O)C(C)C. The standard InChI is InChI=1S/C44H63N7O10/c1-30(2)40(42(55)49-36(41(45)54)13-9-19-47-44(46)57)50-39(53)18-21-59-23-25-61-27-26-60-24-22-58-20-17-38(52)48-32(4)28-31(3)43(56)51-29-35-12-6-5-10-33(35)15-16-34-11-7-8-14-37(34)51/h5-8,10-12,14,30-32,36,40H,9,13,17-29H2,1-4H3,(H2,45,54)(H,48,52)(H,49,55)(H,50,53)(H3,46,47,57)/t31?,32?,36-,40-/m0/s1. The van der Waals surface area contributed by atoms with Crippen molar-refractivity contribution in [3.8, 4) is 11.8 Å². The van der Waals surface area contributed by atoms with Crippen molar-refractivity contribution in [1.29, 1.82) is 0 Å². The summed E-state index contributed by atoms with van der Waals surface area (Å²) in [6.45, 7) is 10.1. The highest BCUT2D eigenvalue weighted by Crippen LogP contribution is 2.27. The maximum atomic E-state index is 13.8. The molecule has 61 heavy (non-hydrogen) atoms. The van der Waals surface area contributed by atoms with E-state index in [-0.39, 0.29) is 75.3 Å². The van der Waals surface area contributed by atoms with Crippen LogP contribution in [0.3, 0.4) is 0 Å². The molecular formula is C44H63N7O10. The lowest BCUT2D eigenvalue weighted by Crippen LogP contribution is -2.54. The molecule has 0 spiro atoms. The lowest BCUT2D eigenvalue weighted by atomic mass is 9.98. The molecule has 0 aliphatic carbocycles. The van der Waals surface area contributed by atoms with Gasteiger partial charge in [0.05, 0.1) is 65.1 Å². The molecule has 2 unspecified atom stereocenters. The normalized spacial score (nSPS) is 13.8. The second-order valence-electron chi connectivity index (χ2n) is 15.1. The number of urea groups is 1. The molecule has 3 rings (SSSR count). The Bertz CT molecular complexity index is 1810. The van der Waals surface area contributed by atoms with Crippen LogP contribution in [0.5, 0.6) is 0 Å². The van der Waals surface area contributed by atoms with Crippen molar-refractivity contribution in [1.82, 2.24) is 21.3 Å². The van der Waals surface area contributed by atoms with Gasteiger partial charge in [-0.05, 0) is 55.9 Å². The van der Waals surface area contributed by atoms with Crippen LogP contribution < -0.4 is 37.6 Å². The van der Waals surface area contributed by atoms with Gasteiger partial charge in [0.15, 0.2) is 0 Å². The van der Waals surface area contributed by atoms with Gasteiger partial charge in [-0.1, -0.05) is 62.9 Å². The molecule has 0 saturated carbocycles. The van der Waals surface area contributed by atoms with Gasteiger partial charge in [0, 0.05) is 42.5 Å². The molecular weight excluding hydrogens is 787 g/mol. The Kier molecular flexibility index (Phi) is 22.3. The molecule has 1 aliphatic heterocycles. The molecule has 17 nitrogen and oxygen atoms in total. The number of nitrogens with zero attached hydrogens (tertiary/aromatic N) is 1. The molecule has 0 saturated heterocycles. The topological polar surface area (TPSA) is 243 Å². The number of hydrogen-bond donors (Lipinski definition) is 6. The van der Waals surface area contributed by atoms with Crippen LogP contribution in [-0.2, 0) is 49.5 Å². The molecule has 1 heterocycles. The van der Waals surface area contributed by atoms with Gasteiger partial charge in [-0.25, -0.2) is 4.79 Å². The molecule has 0 bridgehead atoms. The highest BCUT2D eigenvalue weighted by molar-refractivity contribution is 5.96. The van der Waals surface area contributed by atoms with Gasteiger partial charge in [-0.15, -0.1) is 0 Å². The molecule has 8 N–H and O–H groups in total. The van der Waals surface area contributed by atoms with Gasteiger partial charge in [-0.3, -0.25) is 24.0 Å². The van der Waals surface area contributed by atoms with Crippen LogP contribution in [0.25, 0.3) is 0 Å². The smallest absolute Gasteiger partial charge is 0.312 e. The minimum absolute atomic E-state index is 0.0139. The number of amides is 7. The fraction of sp³-hybridized carbons (Fsp3) is 0.545. The zero-order valence-corrected chi connectivity index (χ0v) is 35.8. The van der Waals surface area contributed by atoms with E-state index in [4.69, 9.17) is 30.4 Å². The fourth-order valence-corrected chi connectivity index (χ4v) is 6.42. The zero-order chi connectivity index (χ0) is 44.6. The Hall–Kier alpha value is -5.54. The van der Waals surface area contributed by atoms with Crippen LogP contribution >= 0.6 is 0 Å². The second-order valence-corrected chi connectivity index (χ2v) is 15.1. The Morgan fingerprint density at radius 2 is 1.25 bits per heavy atom. The van der Waals surface area contributed by atoms with Gasteiger partial charge >= 0.3 is 6.03 Å². The summed E-state index contributed by atoms with van der Waals surface area (Å²) in [4.78, 5) is 76.2. The van der Waals surface area contributed by atoms with Crippen molar-refractivity contribution in [2.24, 2.45) is 23.3 Å². The number of nitrogens with one attached hydrogen (secondary N) is 4. The highest BCUT2D eigenvalue weighted by Gasteiger charge is 2.29. The van der Waals surface area contributed by atoms with E-state index < -0.39 is 35.8 Å². The van der Waals surface area contributed by atoms with E-state index in [0.29, 0.717) is 52.4 Å². The van der Waals surface area contributed by atoms with Crippen molar-refractivity contribution in [2.75, 3.05) is 64.3 Å². The summed E-state index contributed by atoms with van der Waals surface area (Å²) >= 11 is 0. The minimum atomic E-state index is -0.972. The van der Waals surface area contributed by atoms with E-state index in [0.717, 1.165) is 22.4 Å². The highest BCUT2D eigenvalue weighted by atomic mass is 16.6. The van der Waals surface area contributed by atoms with Crippen molar-refractivity contribution < 1.29 is 47.7 Å². The van der Waals surface area contributed by atoms with Crippen LogP contribution in [0.4, 0.5) is 10.5 Å². The monoisotopic (exact) mass is 849 g/mol. The third-order valence-corrected chi connectivity index (χ3v) is 9.63. The molecule has 7 amide bonds. The van der Waals surface area contributed by atoms with E-state index in [1.54, 1.807) is 18.7 Å². The molecule has 4 atom stereocenters. The van der Waals surface area contributed by atoms with Gasteiger partial charge in [0.25, 0.3) is 0 Å². The fourth-order valence-electron chi connectivity index (χ4n) is 6.42. The third-order valence-electron chi connectivity index (χ3n) is 9.63. The van der Waals surface area contributed by atoms with Crippen LogP contribution in [0.2, 0.25) is 0 Å². The zero-order valence-electron chi connectivity index (χ0n) is 35.8. The van der Waals surface area contributed by atoms with Crippen LogP contribution in [0.1, 0.15) is 76.5 Å². The number of nitrogens with two attached hydrogens (primary N) is 2. The number of anilines is 1. The van der Waals surface area contributed by atoms with Gasteiger partial charge in [0.2, 0.25) is 29.5 Å². The van der Waals surface area contributed by atoms with Crippen LogP contribution in [0, 0.1) is 23.7 Å². The first-order chi connectivity index (χ1) is 29.3. The molecule has 0 fully saturated rings. The maximum absolute atomic E-state index is 13.8. The van der Waals surface area contributed by atoms with E-state index in [1.807, 2.05) is 62.4 Å². The summed E-state index contributed by atoms with van der Waals surface area (Å²) in [5, 5.41) is 10.6. The van der Waals surface area contributed by atoms with Gasteiger partial charge < -0.3 is 56.6 Å². The Labute approximate surface area is 358 Å². The predicted octanol–water partition coefficient (Wildman–Crippen LogP) is 1.87. The lowest BCUT2D eigenvalue weighted by Gasteiger charge is -2.29. The van der Waals surface area contributed by atoms with E-state index in [1.165, 1.54) is 0 Å². The van der Waals surface area contributed by atoms with Crippen molar-refractivity contribution in [3.05, 3.63) is 65.2 Å². The summed E-state index contributed by atoms with van der Waals surface area (Å²) in [5.74, 6) is 3.99. The first-order valence-corrected chi connectivity index (χ1v) is 20.8. The summed E-state index contributed by atoms with van der Waals surface area (Å²) in [6.07, 6.45) is 1.22. The number of fused-ring (bicyclic) bond motifs is 2. The molecule has 2 aromatic rings. The molecule has 17 heteroatoms. The average Bonchev–Trinajstić information content (AvgIpc) is 3.21. The molecule has 0 aromatic heterocycles. The van der Waals surface area contributed by atoms with Crippen molar-refractivity contribution in [2.45, 2.75) is 84.5 Å². The number of para-hydroxylation sites is 1. The summed E-state index contributed by atoms with van der Waals surface area (Å²) in [7, 11) is 0. The van der Waals surface area contributed by atoms with E-state index >= 15 is 0 Å². The number of primary amides is 2.